The molecule has 1 aromatic carbocycles. The van der Waals surface area contributed by atoms with E-state index in [4.69, 9.17) is 4.74 Å². The monoisotopic (exact) mass is 500 g/mol. The van der Waals surface area contributed by atoms with Gasteiger partial charge in [0, 0.05) is 55.6 Å². The van der Waals surface area contributed by atoms with Gasteiger partial charge < -0.3 is 20.3 Å². The maximum Gasteiger partial charge on any atom is 0.251 e. The van der Waals surface area contributed by atoms with Crippen molar-refractivity contribution < 1.29 is 9.53 Å². The molecule has 1 atom stereocenters. The van der Waals surface area contributed by atoms with Crippen LogP contribution in [-0.4, -0.2) is 70.5 Å². The minimum atomic E-state index is -0.00231. The Morgan fingerprint density at radius 3 is 2.70 bits per heavy atom. The number of aryl methyl sites for hydroxylation is 1. The van der Waals surface area contributed by atoms with Crippen molar-refractivity contribution in [2.24, 2.45) is 5.92 Å². The molecule has 2 saturated heterocycles. The molecule has 1 unspecified atom stereocenters. The van der Waals surface area contributed by atoms with Crippen molar-refractivity contribution in [3.05, 3.63) is 60.2 Å². The molecule has 37 heavy (non-hydrogen) atoms. The number of rotatable bonds is 8. The van der Waals surface area contributed by atoms with E-state index < -0.39 is 0 Å². The molecule has 0 spiro atoms. The topological polar surface area (TPSA) is 84.3 Å². The Morgan fingerprint density at radius 2 is 1.92 bits per heavy atom. The third-order valence-electron chi connectivity index (χ3n) is 7.79. The largest absolute Gasteiger partial charge is 0.381 e. The molecule has 1 saturated carbocycles. The zero-order valence-corrected chi connectivity index (χ0v) is 21.5. The van der Waals surface area contributed by atoms with Gasteiger partial charge >= 0.3 is 0 Å². The van der Waals surface area contributed by atoms with Gasteiger partial charge in [-0.2, -0.15) is 5.10 Å². The van der Waals surface area contributed by atoms with Gasteiger partial charge in [0.15, 0.2) is 0 Å². The molecule has 8 nitrogen and oxygen atoms in total. The van der Waals surface area contributed by atoms with Gasteiger partial charge in [0.05, 0.1) is 36.6 Å². The normalized spacial score (nSPS) is 20.7. The average Bonchev–Trinajstić information content (AvgIpc) is 3.35. The summed E-state index contributed by atoms with van der Waals surface area (Å²) in [5.41, 5.74) is 5.74. The summed E-state index contributed by atoms with van der Waals surface area (Å²) in [5, 5.41) is 11.4. The Balaban J connectivity index is 1.10. The van der Waals surface area contributed by atoms with Crippen molar-refractivity contribution >= 4 is 11.6 Å². The Labute approximate surface area is 218 Å². The molecular formula is C29H36N6O2. The van der Waals surface area contributed by atoms with E-state index in [2.05, 4.69) is 38.6 Å². The first-order valence-electron chi connectivity index (χ1n) is 13.6. The van der Waals surface area contributed by atoms with Crippen LogP contribution in [0.5, 0.6) is 0 Å². The van der Waals surface area contributed by atoms with Gasteiger partial charge in [0.25, 0.3) is 5.91 Å². The molecule has 1 amide bonds. The number of ether oxygens (including phenoxy) is 1. The van der Waals surface area contributed by atoms with Gasteiger partial charge in [-0.05, 0) is 74.3 Å². The SMILES string of the molecule is Cc1ccc(C(=O)NC2CC2)cc1-c1cnn(-c2cncc(NC3CCN(CC4CCOC4)CC3)c2)c1. The lowest BCUT2D eigenvalue weighted by Crippen LogP contribution is -2.41. The summed E-state index contributed by atoms with van der Waals surface area (Å²) in [4.78, 5) is 19.6. The zero-order valence-electron chi connectivity index (χ0n) is 21.5. The van der Waals surface area contributed by atoms with E-state index in [9.17, 15) is 4.79 Å². The Bertz CT molecular complexity index is 1240. The molecule has 3 fully saturated rings. The first kappa shape index (κ1) is 24.1. The van der Waals surface area contributed by atoms with Crippen LogP contribution in [0, 0.1) is 12.8 Å². The fraction of sp³-hybridized carbons (Fsp3) is 0.483. The Morgan fingerprint density at radius 1 is 1.05 bits per heavy atom. The number of aromatic nitrogens is 3. The van der Waals surface area contributed by atoms with Crippen LogP contribution in [0.2, 0.25) is 0 Å². The third-order valence-corrected chi connectivity index (χ3v) is 7.79. The van der Waals surface area contributed by atoms with Crippen LogP contribution in [0.4, 0.5) is 5.69 Å². The fourth-order valence-electron chi connectivity index (χ4n) is 5.39. The lowest BCUT2D eigenvalue weighted by molar-refractivity contribution is 0.0951. The summed E-state index contributed by atoms with van der Waals surface area (Å²) < 4.78 is 7.40. The van der Waals surface area contributed by atoms with Crippen LogP contribution >= 0.6 is 0 Å². The smallest absolute Gasteiger partial charge is 0.251 e. The van der Waals surface area contributed by atoms with E-state index in [0.717, 1.165) is 80.1 Å². The zero-order chi connectivity index (χ0) is 25.2. The first-order chi connectivity index (χ1) is 18.1. The third kappa shape index (κ3) is 5.86. The van der Waals surface area contributed by atoms with Crippen LogP contribution < -0.4 is 10.6 Å². The predicted octanol–water partition coefficient (Wildman–Crippen LogP) is 4.05. The van der Waals surface area contributed by atoms with Gasteiger partial charge in [-0.15, -0.1) is 0 Å². The highest BCUT2D eigenvalue weighted by Gasteiger charge is 2.25. The summed E-state index contributed by atoms with van der Waals surface area (Å²) in [6.45, 7) is 7.33. The molecule has 8 heteroatoms. The number of nitrogens with one attached hydrogen (secondary N) is 2. The number of likely N-dealkylation sites (tertiary alicyclic amines) is 1. The van der Waals surface area contributed by atoms with Crippen LogP contribution in [0.3, 0.4) is 0 Å². The number of carbonyl (C=O) groups excluding carboxylic acids is 1. The Kier molecular flexibility index (Phi) is 6.93. The molecule has 2 aromatic heterocycles. The second kappa shape index (κ2) is 10.6. The molecule has 3 aromatic rings. The number of anilines is 1. The second-order valence-corrected chi connectivity index (χ2v) is 10.8. The quantitative estimate of drug-likeness (QED) is 0.486. The van der Waals surface area contributed by atoms with Crippen LogP contribution in [-0.2, 0) is 4.74 Å². The number of hydrogen-bond donors (Lipinski definition) is 2. The van der Waals surface area contributed by atoms with Crippen LogP contribution in [0.1, 0.15) is 48.0 Å². The van der Waals surface area contributed by atoms with Crippen molar-refractivity contribution in [2.75, 3.05) is 38.2 Å². The highest BCUT2D eigenvalue weighted by Crippen LogP contribution is 2.27. The van der Waals surface area contributed by atoms with Crippen LogP contribution in [0.15, 0.2) is 49.1 Å². The van der Waals surface area contributed by atoms with E-state index in [0.29, 0.717) is 23.6 Å². The van der Waals surface area contributed by atoms with Gasteiger partial charge in [0.2, 0.25) is 0 Å². The highest BCUT2D eigenvalue weighted by molar-refractivity contribution is 5.96. The standard InChI is InChI=1S/C29H36N6O2/c1-20-2-3-22(29(36)33-24-4-5-24)12-28(20)23-14-31-35(18-23)27-13-26(15-30-16-27)32-25-6-9-34(10-7-25)17-21-8-11-37-19-21/h2-3,12-16,18,21,24-25,32H,4-11,17,19H2,1H3,(H,33,36). The number of carbonyl (C=O) groups is 1. The molecule has 194 valence electrons. The molecule has 0 bridgehead atoms. The molecule has 2 aliphatic heterocycles. The van der Waals surface area contributed by atoms with Crippen LogP contribution in [0.25, 0.3) is 16.8 Å². The van der Waals surface area contributed by atoms with Gasteiger partial charge in [-0.25, -0.2) is 4.68 Å². The maximum absolute atomic E-state index is 12.6. The number of piperidine rings is 1. The van der Waals surface area contributed by atoms with Gasteiger partial charge in [-0.1, -0.05) is 6.07 Å². The number of benzene rings is 1. The lowest BCUT2D eigenvalue weighted by atomic mass is 10.0. The highest BCUT2D eigenvalue weighted by atomic mass is 16.5. The maximum atomic E-state index is 12.6. The minimum absolute atomic E-state index is 0.00231. The van der Waals surface area contributed by atoms with Crippen molar-refractivity contribution in [3.63, 3.8) is 0 Å². The molecule has 3 aliphatic rings. The molecule has 4 heterocycles. The molecular weight excluding hydrogens is 464 g/mol. The summed E-state index contributed by atoms with van der Waals surface area (Å²) >= 11 is 0. The van der Waals surface area contributed by atoms with Gasteiger partial charge in [0.1, 0.15) is 0 Å². The number of hydrogen-bond acceptors (Lipinski definition) is 6. The molecule has 0 radical (unpaired) electrons. The lowest BCUT2D eigenvalue weighted by Gasteiger charge is -2.34. The van der Waals surface area contributed by atoms with Crippen molar-refractivity contribution in [2.45, 2.75) is 51.1 Å². The average molecular weight is 501 g/mol. The van der Waals surface area contributed by atoms with Crippen molar-refractivity contribution in [1.82, 2.24) is 25.0 Å². The van der Waals surface area contributed by atoms with E-state index in [1.54, 1.807) is 0 Å². The second-order valence-electron chi connectivity index (χ2n) is 10.8. The number of amides is 1. The van der Waals surface area contributed by atoms with E-state index >= 15 is 0 Å². The molecule has 1 aliphatic carbocycles. The van der Waals surface area contributed by atoms with E-state index in [-0.39, 0.29) is 5.91 Å². The van der Waals surface area contributed by atoms with E-state index in [1.807, 2.05) is 47.7 Å². The molecule has 2 N–H and O–H groups in total. The van der Waals surface area contributed by atoms with Crippen molar-refractivity contribution in [1.29, 1.82) is 0 Å². The van der Waals surface area contributed by atoms with Crippen molar-refractivity contribution in [3.8, 4) is 16.8 Å². The molecule has 6 rings (SSSR count). The van der Waals surface area contributed by atoms with Gasteiger partial charge in [-0.3, -0.25) is 9.78 Å². The first-order valence-corrected chi connectivity index (χ1v) is 13.6. The fourth-order valence-corrected chi connectivity index (χ4v) is 5.39. The summed E-state index contributed by atoms with van der Waals surface area (Å²) in [5.74, 6) is 0.702. The number of pyridine rings is 1. The summed E-state index contributed by atoms with van der Waals surface area (Å²) in [6, 6.07) is 8.78. The summed E-state index contributed by atoms with van der Waals surface area (Å²) in [7, 11) is 0. The van der Waals surface area contributed by atoms with E-state index in [1.165, 1.54) is 13.0 Å². The predicted molar refractivity (Wildman–Crippen MR) is 144 cm³/mol. The summed E-state index contributed by atoms with van der Waals surface area (Å²) in [6.07, 6.45) is 13.2. The number of nitrogens with zero attached hydrogens (tertiary/aromatic N) is 4. The minimum Gasteiger partial charge on any atom is -0.381 e. The Hall–Kier alpha value is -3.23.